The van der Waals surface area contributed by atoms with Crippen molar-refractivity contribution in [2.24, 2.45) is 5.92 Å². The van der Waals surface area contributed by atoms with E-state index in [1.165, 1.54) is 0 Å². The van der Waals surface area contributed by atoms with Crippen molar-refractivity contribution in [2.75, 3.05) is 0 Å². The first kappa shape index (κ1) is 9.47. The van der Waals surface area contributed by atoms with Gasteiger partial charge in [0.15, 0.2) is 0 Å². The monoisotopic (exact) mass is 185 g/mol. The highest BCUT2D eigenvalue weighted by Crippen LogP contribution is 2.40. The summed E-state index contributed by atoms with van der Waals surface area (Å²) < 4.78 is 13.7. The van der Waals surface area contributed by atoms with Crippen molar-refractivity contribution in [3.63, 3.8) is 0 Å². The van der Waals surface area contributed by atoms with E-state index in [9.17, 15) is 9.41 Å². The Hall–Kier alpha value is -0.0851. The lowest BCUT2D eigenvalue weighted by Crippen LogP contribution is -2.55. The molecule has 2 heterocycles. The highest BCUT2D eigenvalue weighted by atomic mass is 19.1. The minimum atomic E-state index is -0.742. The Morgan fingerprint density at radius 2 is 2.15 bits per heavy atom. The lowest BCUT2D eigenvalue weighted by Gasteiger charge is -2.40. The zero-order valence-electron chi connectivity index (χ0n) is 8.28. The van der Waals surface area contributed by atoms with Crippen LogP contribution in [0, 0.1) is 5.92 Å². The van der Waals surface area contributed by atoms with Crippen LogP contribution in [0.4, 0.5) is 4.39 Å². The molecule has 0 aliphatic carbocycles. The summed E-state index contributed by atoms with van der Waals surface area (Å²) in [7, 11) is -0.483. The molecule has 0 aromatic heterocycles. The maximum atomic E-state index is 13.7. The van der Waals surface area contributed by atoms with Crippen LogP contribution in [-0.4, -0.2) is 35.1 Å². The van der Waals surface area contributed by atoms with Gasteiger partial charge in [-0.15, -0.1) is 0 Å². The third kappa shape index (κ3) is 1.40. The predicted octanol–water partition coefficient (Wildman–Crippen LogP) is 1.31. The van der Waals surface area contributed by atoms with Crippen LogP contribution in [0.1, 0.15) is 26.2 Å². The number of hydrogen-bond donors (Lipinski definition) is 1. The molecule has 74 valence electrons. The van der Waals surface area contributed by atoms with E-state index in [2.05, 4.69) is 0 Å². The summed E-state index contributed by atoms with van der Waals surface area (Å²) in [6, 6.07) is 0.403. The molecule has 4 heteroatoms. The molecule has 0 aromatic rings. The number of halogens is 1. The van der Waals surface area contributed by atoms with Crippen LogP contribution in [0.15, 0.2) is 0 Å². The van der Waals surface area contributed by atoms with Crippen molar-refractivity contribution in [1.29, 1.82) is 0 Å². The second-order valence-corrected chi connectivity index (χ2v) is 4.54. The summed E-state index contributed by atoms with van der Waals surface area (Å²) in [5.41, 5.74) is 0. The van der Waals surface area contributed by atoms with E-state index >= 15 is 0 Å². The van der Waals surface area contributed by atoms with Gasteiger partial charge >= 0.3 is 7.05 Å². The fraction of sp³-hybridized carbons (Fsp3) is 1.00. The number of nitrogens with zero attached hydrogens (tertiary/aromatic N) is 1. The molecule has 13 heavy (non-hydrogen) atoms. The van der Waals surface area contributed by atoms with Crippen LogP contribution >= 0.6 is 0 Å². The third-order valence-electron chi connectivity index (χ3n) is 3.59. The summed E-state index contributed by atoms with van der Waals surface area (Å²) in [4.78, 5) is 1.96. The van der Waals surface area contributed by atoms with E-state index in [0.29, 0.717) is 6.04 Å². The van der Waals surface area contributed by atoms with Gasteiger partial charge in [0.25, 0.3) is 0 Å². The van der Waals surface area contributed by atoms with Gasteiger partial charge in [-0.05, 0) is 32.0 Å². The van der Waals surface area contributed by atoms with Crippen molar-refractivity contribution >= 4 is 7.05 Å². The zero-order valence-corrected chi connectivity index (χ0v) is 8.28. The second-order valence-electron chi connectivity index (χ2n) is 4.54. The van der Waals surface area contributed by atoms with Crippen LogP contribution in [-0.2, 0) is 0 Å². The zero-order chi connectivity index (χ0) is 9.59. The van der Waals surface area contributed by atoms with Crippen LogP contribution in [0.25, 0.3) is 0 Å². The van der Waals surface area contributed by atoms with E-state index < -0.39 is 13.2 Å². The minimum Gasteiger partial charge on any atom is -0.437 e. The summed E-state index contributed by atoms with van der Waals surface area (Å²) in [5, 5.41) is 9.52. The largest absolute Gasteiger partial charge is 0.437 e. The smallest absolute Gasteiger partial charge is 0.376 e. The molecule has 0 radical (unpaired) electrons. The Balaban J connectivity index is 2.16. The number of rotatable bonds is 1. The fourth-order valence-corrected chi connectivity index (χ4v) is 3.02. The Bertz CT molecular complexity index is 202. The van der Waals surface area contributed by atoms with E-state index in [0.717, 1.165) is 19.3 Å². The van der Waals surface area contributed by atoms with Crippen LogP contribution in [0.5, 0.6) is 0 Å². The first-order valence-electron chi connectivity index (χ1n) is 5.21. The highest BCUT2D eigenvalue weighted by Gasteiger charge is 2.48. The van der Waals surface area contributed by atoms with Gasteiger partial charge in [-0.3, -0.25) is 0 Å². The Morgan fingerprint density at radius 3 is 2.77 bits per heavy atom. The molecule has 2 rings (SSSR count). The fourth-order valence-electron chi connectivity index (χ4n) is 3.02. The number of alkyl halides is 1. The van der Waals surface area contributed by atoms with Gasteiger partial charge in [-0.25, -0.2) is 4.39 Å². The van der Waals surface area contributed by atoms with Crippen LogP contribution in [0.2, 0.25) is 6.82 Å². The summed E-state index contributed by atoms with van der Waals surface area (Å²) in [6.07, 6.45) is 2.14. The van der Waals surface area contributed by atoms with Crippen molar-refractivity contribution in [3.8, 4) is 0 Å². The topological polar surface area (TPSA) is 23.5 Å². The van der Waals surface area contributed by atoms with Gasteiger partial charge < -0.3 is 9.83 Å². The average molecular weight is 185 g/mol. The molecular formula is C9H17BFNO. The van der Waals surface area contributed by atoms with Gasteiger partial charge in [0.05, 0.1) is 0 Å². The van der Waals surface area contributed by atoms with Crippen molar-refractivity contribution < 1.29 is 9.41 Å². The van der Waals surface area contributed by atoms with E-state index in [1.807, 2.05) is 11.7 Å². The molecule has 2 nitrogen and oxygen atoms in total. The van der Waals surface area contributed by atoms with Gasteiger partial charge in [-0.2, -0.15) is 0 Å². The summed E-state index contributed by atoms with van der Waals surface area (Å²) >= 11 is 0. The Labute approximate surface area is 79.2 Å². The SMILES string of the molecule is CB(O)N1C2CCC1[C@H](F)[C@H](C)C2. The van der Waals surface area contributed by atoms with Crippen LogP contribution in [0.3, 0.4) is 0 Å². The number of piperidine rings is 1. The molecule has 2 aliphatic rings. The molecule has 0 saturated carbocycles. The Morgan fingerprint density at radius 1 is 1.46 bits per heavy atom. The molecule has 0 aromatic carbocycles. The average Bonchev–Trinajstić information content (AvgIpc) is 2.40. The van der Waals surface area contributed by atoms with Gasteiger partial charge in [-0.1, -0.05) is 6.92 Å². The maximum Gasteiger partial charge on any atom is 0.376 e. The molecule has 1 N–H and O–H groups in total. The maximum absolute atomic E-state index is 13.7. The standard InChI is InChI=1S/C9H17BFNO/c1-6-5-7-3-4-8(9(6)11)12(7)10(2)13/h6-9,13H,3-5H2,1-2H3/t6-,7?,8?,9-/m1/s1. The molecule has 2 unspecified atom stereocenters. The predicted molar refractivity (Wildman–Crippen MR) is 51.2 cm³/mol. The summed E-state index contributed by atoms with van der Waals surface area (Å²) in [6.45, 7) is 3.73. The normalized spacial score (nSPS) is 45.2. The van der Waals surface area contributed by atoms with Crippen molar-refractivity contribution in [2.45, 2.75) is 51.3 Å². The quantitative estimate of drug-likeness (QED) is 0.622. The minimum absolute atomic E-state index is 0.0197. The molecule has 4 atom stereocenters. The lowest BCUT2D eigenvalue weighted by atomic mass is 9.77. The molecule has 0 amide bonds. The summed E-state index contributed by atoms with van der Waals surface area (Å²) in [5.74, 6) is 0.174. The lowest BCUT2D eigenvalue weighted by molar-refractivity contribution is 0.0719. The molecule has 2 bridgehead atoms. The van der Waals surface area contributed by atoms with Crippen molar-refractivity contribution in [3.05, 3.63) is 0 Å². The molecule has 2 aliphatic heterocycles. The van der Waals surface area contributed by atoms with Crippen molar-refractivity contribution in [1.82, 2.24) is 4.81 Å². The molecule has 2 fully saturated rings. The molecule has 0 spiro atoms. The first-order chi connectivity index (χ1) is 6.11. The second kappa shape index (κ2) is 3.25. The number of fused-ring (bicyclic) bond motifs is 2. The van der Waals surface area contributed by atoms with E-state index in [4.69, 9.17) is 0 Å². The molecular weight excluding hydrogens is 168 g/mol. The third-order valence-corrected chi connectivity index (χ3v) is 3.59. The van der Waals surface area contributed by atoms with E-state index in [-0.39, 0.29) is 12.0 Å². The number of hydrogen-bond acceptors (Lipinski definition) is 2. The van der Waals surface area contributed by atoms with Gasteiger partial charge in [0.2, 0.25) is 0 Å². The highest BCUT2D eigenvalue weighted by molar-refractivity contribution is 6.45. The van der Waals surface area contributed by atoms with Gasteiger partial charge in [0, 0.05) is 12.1 Å². The van der Waals surface area contributed by atoms with Crippen LogP contribution < -0.4 is 0 Å². The van der Waals surface area contributed by atoms with Gasteiger partial charge in [0.1, 0.15) is 6.17 Å². The van der Waals surface area contributed by atoms with E-state index in [1.54, 1.807) is 6.82 Å². The Kier molecular flexibility index (Phi) is 2.36. The molecule has 2 saturated heterocycles. The first-order valence-corrected chi connectivity index (χ1v) is 5.21.